The van der Waals surface area contributed by atoms with Crippen LogP contribution in [0.25, 0.3) is 0 Å². The molecule has 1 unspecified atom stereocenters. The van der Waals surface area contributed by atoms with Gasteiger partial charge >= 0.3 is 6.09 Å². The Bertz CT molecular complexity index is 1710. The molecule has 3 atom stereocenters. The zero-order chi connectivity index (χ0) is 31.6. The van der Waals surface area contributed by atoms with Gasteiger partial charge in [-0.1, -0.05) is 82.7 Å². The first-order valence-electron chi connectivity index (χ1n) is 14.9. The number of hydrogen-bond donors (Lipinski definition) is 2. The summed E-state index contributed by atoms with van der Waals surface area (Å²) in [6.45, 7) is 3.45. The first-order chi connectivity index (χ1) is 21.8. The highest BCUT2D eigenvalue weighted by atomic mass is 79.9. The molecule has 45 heavy (non-hydrogen) atoms. The molecule has 0 radical (unpaired) electrons. The van der Waals surface area contributed by atoms with Gasteiger partial charge in [0.25, 0.3) is 5.91 Å². The molecule has 3 aromatic carbocycles. The number of aromatic nitrogens is 3. The van der Waals surface area contributed by atoms with Crippen LogP contribution in [0.2, 0.25) is 0 Å². The zero-order valence-electron chi connectivity index (χ0n) is 24.8. The van der Waals surface area contributed by atoms with Crippen molar-refractivity contribution in [3.05, 3.63) is 118 Å². The van der Waals surface area contributed by atoms with Gasteiger partial charge in [-0.3, -0.25) is 14.4 Å². The van der Waals surface area contributed by atoms with Crippen LogP contribution in [0.5, 0.6) is 0 Å². The molecule has 1 saturated heterocycles. The lowest BCUT2D eigenvalue weighted by atomic mass is 9.83. The van der Waals surface area contributed by atoms with Gasteiger partial charge in [0.15, 0.2) is 5.60 Å². The monoisotopic (exact) mass is 671 g/mol. The van der Waals surface area contributed by atoms with Crippen molar-refractivity contribution < 1.29 is 24.5 Å². The molecule has 1 aromatic heterocycles. The molecule has 11 heteroatoms. The van der Waals surface area contributed by atoms with E-state index >= 15 is 0 Å². The van der Waals surface area contributed by atoms with E-state index in [1.54, 1.807) is 20.5 Å². The number of carbonyl (C=O) groups excluding carboxylic acids is 2. The number of amides is 2. The molecule has 0 saturated carbocycles. The fourth-order valence-electron chi connectivity index (χ4n) is 5.95. The fourth-order valence-corrected chi connectivity index (χ4v) is 6.31. The van der Waals surface area contributed by atoms with Gasteiger partial charge in [0, 0.05) is 34.4 Å². The van der Waals surface area contributed by atoms with E-state index in [2.05, 4.69) is 26.2 Å². The lowest BCUT2D eigenvalue weighted by molar-refractivity contribution is -0.139. The topological polar surface area (TPSA) is 121 Å². The number of ether oxygens (including phenoxy) is 1. The average molecular weight is 673 g/mol. The van der Waals surface area contributed by atoms with E-state index in [-0.39, 0.29) is 25.2 Å². The van der Waals surface area contributed by atoms with Crippen molar-refractivity contribution in [3.8, 4) is 0 Å². The summed E-state index contributed by atoms with van der Waals surface area (Å²) in [4.78, 5) is 29.1. The molecular formula is C34H34BrN5O5. The van der Waals surface area contributed by atoms with Crippen molar-refractivity contribution in [2.75, 3.05) is 29.6 Å². The number of cyclic esters (lactones) is 1. The lowest BCUT2D eigenvalue weighted by Gasteiger charge is -2.28. The van der Waals surface area contributed by atoms with Crippen LogP contribution in [-0.4, -0.2) is 57.0 Å². The largest absolute Gasteiger partial charge is 0.447 e. The molecule has 3 heterocycles. The number of carbonyl (C=O) groups is 2. The molecule has 2 aliphatic rings. The number of aliphatic hydroxyl groups excluding tert-OH is 1. The number of anilines is 2. The summed E-state index contributed by atoms with van der Waals surface area (Å²) in [5.41, 5.74) is 2.73. The van der Waals surface area contributed by atoms with Crippen molar-refractivity contribution in [2.24, 2.45) is 5.92 Å². The molecule has 10 nitrogen and oxygen atoms in total. The second-order valence-corrected chi connectivity index (χ2v) is 12.2. The number of hydrogen-bond acceptors (Lipinski definition) is 7. The van der Waals surface area contributed by atoms with Crippen LogP contribution < -0.4 is 9.80 Å². The predicted octanol–water partition coefficient (Wildman–Crippen LogP) is 5.14. The highest BCUT2D eigenvalue weighted by Gasteiger charge is 2.52. The van der Waals surface area contributed by atoms with Crippen molar-refractivity contribution in [3.63, 3.8) is 0 Å². The van der Waals surface area contributed by atoms with Gasteiger partial charge in [-0.2, -0.15) is 0 Å². The van der Waals surface area contributed by atoms with Gasteiger partial charge in [-0.05, 0) is 47.9 Å². The van der Waals surface area contributed by atoms with Crippen molar-refractivity contribution in [2.45, 2.75) is 38.0 Å². The molecule has 0 bridgehead atoms. The predicted molar refractivity (Wildman–Crippen MR) is 173 cm³/mol. The number of halogens is 1. The number of benzene rings is 3. The Morgan fingerprint density at radius 1 is 1.09 bits per heavy atom. The van der Waals surface area contributed by atoms with E-state index in [0.717, 1.165) is 21.3 Å². The van der Waals surface area contributed by atoms with Crippen LogP contribution >= 0.6 is 15.9 Å². The summed E-state index contributed by atoms with van der Waals surface area (Å²) in [7, 11) is 0. The van der Waals surface area contributed by atoms with Crippen molar-refractivity contribution in [1.82, 2.24) is 15.0 Å². The van der Waals surface area contributed by atoms with Gasteiger partial charge in [0.05, 0.1) is 37.0 Å². The molecule has 6 rings (SSSR count). The molecule has 4 aromatic rings. The van der Waals surface area contributed by atoms with E-state index < -0.39 is 17.4 Å². The first kappa shape index (κ1) is 30.7. The van der Waals surface area contributed by atoms with Gasteiger partial charge in [-0.15, -0.1) is 5.10 Å². The molecular weight excluding hydrogens is 638 g/mol. The normalized spacial score (nSPS) is 19.3. The smallest absolute Gasteiger partial charge is 0.414 e. The average Bonchev–Trinajstić information content (AvgIpc) is 3.75. The maximum Gasteiger partial charge on any atom is 0.414 e. The summed E-state index contributed by atoms with van der Waals surface area (Å²) >= 11 is 3.51. The van der Waals surface area contributed by atoms with Crippen LogP contribution in [0.4, 0.5) is 16.2 Å². The Morgan fingerprint density at radius 2 is 1.87 bits per heavy atom. The minimum atomic E-state index is -1.75. The van der Waals surface area contributed by atoms with E-state index in [1.165, 1.54) is 0 Å². The summed E-state index contributed by atoms with van der Waals surface area (Å²) in [5, 5.41) is 30.5. The Labute approximate surface area is 269 Å². The molecule has 2 aliphatic heterocycles. The molecule has 2 amide bonds. The Balaban J connectivity index is 1.14. The Hall–Kier alpha value is -4.32. The van der Waals surface area contributed by atoms with Gasteiger partial charge in [0.2, 0.25) is 0 Å². The number of allylic oxidation sites excluding steroid dienone is 1. The third kappa shape index (κ3) is 6.03. The van der Waals surface area contributed by atoms with Crippen LogP contribution in [-0.2, 0) is 28.2 Å². The molecule has 232 valence electrons. The van der Waals surface area contributed by atoms with Gasteiger partial charge in [0.1, 0.15) is 6.61 Å². The van der Waals surface area contributed by atoms with E-state index in [4.69, 9.17) is 4.74 Å². The Kier molecular flexibility index (Phi) is 8.84. The highest BCUT2D eigenvalue weighted by molar-refractivity contribution is 9.10. The molecule has 2 N–H and O–H groups in total. The third-order valence-electron chi connectivity index (χ3n) is 8.49. The van der Waals surface area contributed by atoms with E-state index in [9.17, 15) is 19.8 Å². The quantitative estimate of drug-likeness (QED) is 0.212. The third-order valence-corrected chi connectivity index (χ3v) is 8.98. The number of aliphatic hydroxyl groups is 2. The first-order valence-corrected chi connectivity index (χ1v) is 15.7. The van der Waals surface area contributed by atoms with E-state index in [1.807, 2.05) is 92.0 Å². The second-order valence-electron chi connectivity index (χ2n) is 11.3. The Morgan fingerprint density at radius 3 is 2.58 bits per heavy atom. The fraction of sp³-hybridized carbons (Fsp3) is 0.294. The molecule has 0 spiro atoms. The summed E-state index contributed by atoms with van der Waals surface area (Å²) < 4.78 is 7.54. The SMILES string of the molecule is C[C@H](/C=C/CCn1cc(C(CO)c2ccccc2)nn1)[C@@]1(O)C(=O)N(Cc2ccc(N3CCOC3=O)cc2)c2ccc(Br)cc21. The lowest BCUT2D eigenvalue weighted by Crippen LogP contribution is -2.44. The maximum atomic E-state index is 13.9. The van der Waals surface area contributed by atoms with Crippen LogP contribution in [0, 0.1) is 5.92 Å². The van der Waals surface area contributed by atoms with Gasteiger partial charge in [-0.25, -0.2) is 4.79 Å². The van der Waals surface area contributed by atoms with Crippen LogP contribution in [0.15, 0.2) is 95.6 Å². The number of rotatable bonds is 11. The zero-order valence-corrected chi connectivity index (χ0v) is 26.4. The molecule has 1 fully saturated rings. The van der Waals surface area contributed by atoms with Crippen molar-refractivity contribution in [1.29, 1.82) is 0 Å². The van der Waals surface area contributed by atoms with Gasteiger partial charge < -0.3 is 19.8 Å². The highest BCUT2D eigenvalue weighted by Crippen LogP contribution is 2.46. The van der Waals surface area contributed by atoms with E-state index in [0.29, 0.717) is 43.1 Å². The summed E-state index contributed by atoms with van der Waals surface area (Å²) in [6.07, 6.45) is 5.90. The van der Waals surface area contributed by atoms with Crippen molar-refractivity contribution >= 4 is 39.3 Å². The van der Waals surface area contributed by atoms with Crippen LogP contribution in [0.3, 0.4) is 0 Å². The maximum absolute atomic E-state index is 13.9. The minimum Gasteiger partial charge on any atom is -0.447 e. The molecule has 0 aliphatic carbocycles. The minimum absolute atomic E-state index is 0.0678. The number of fused-ring (bicyclic) bond motifs is 1. The number of aryl methyl sites for hydroxylation is 1. The van der Waals surface area contributed by atoms with Crippen LogP contribution in [0.1, 0.15) is 41.6 Å². The summed E-state index contributed by atoms with van der Waals surface area (Å²) in [6, 6.07) is 22.7. The second kappa shape index (κ2) is 13.0. The standard InChI is InChI=1S/C34H34BrN5O5/c1-23(7-5-6-16-38-21-30(36-37-38)28(22-41)25-8-3-2-4-9-25)34(44)29-19-26(35)12-15-31(29)40(32(34)42)20-24-10-13-27(14-11-24)39-17-18-45-33(39)43/h2-5,7-15,19,21,23,28,41,44H,6,16-18,20,22H2,1H3/b7-5+/t23-,28?,34+/m1/s1. The summed E-state index contributed by atoms with van der Waals surface area (Å²) in [5.74, 6) is -1.16. The number of nitrogens with zero attached hydrogens (tertiary/aromatic N) is 5.